The average molecular weight is 595 g/mol. The number of thioether (sulfide) groups is 1. The molecule has 0 atom stereocenters. The van der Waals surface area contributed by atoms with E-state index in [1.807, 2.05) is 41.6 Å². The fourth-order valence-electron chi connectivity index (χ4n) is 2.98. The SMILES string of the molecule is COc1cc(/C=C2\SC(=O)N(CC(=O)OC(C)C)C2=O)cc(I)c1OC(=O)c1ccc(C)cc1. The van der Waals surface area contributed by atoms with Crippen molar-refractivity contribution < 1.29 is 33.4 Å². The van der Waals surface area contributed by atoms with Crippen LogP contribution < -0.4 is 9.47 Å². The van der Waals surface area contributed by atoms with E-state index < -0.39 is 29.6 Å². The zero-order valence-electron chi connectivity index (χ0n) is 18.9. The number of benzene rings is 2. The number of imide groups is 1. The van der Waals surface area contributed by atoms with Crippen molar-refractivity contribution in [2.75, 3.05) is 13.7 Å². The Labute approximate surface area is 214 Å². The van der Waals surface area contributed by atoms with Gasteiger partial charge in [-0.3, -0.25) is 19.3 Å². The van der Waals surface area contributed by atoms with Crippen molar-refractivity contribution >= 4 is 63.5 Å². The van der Waals surface area contributed by atoms with E-state index >= 15 is 0 Å². The summed E-state index contributed by atoms with van der Waals surface area (Å²) >= 11 is 2.74. The number of carbonyl (C=O) groups is 4. The van der Waals surface area contributed by atoms with Gasteiger partial charge in [-0.2, -0.15) is 0 Å². The Morgan fingerprint density at radius 2 is 1.82 bits per heavy atom. The first-order chi connectivity index (χ1) is 16.1. The summed E-state index contributed by atoms with van der Waals surface area (Å²) in [5.41, 5.74) is 1.98. The topological polar surface area (TPSA) is 99.2 Å². The van der Waals surface area contributed by atoms with Gasteiger partial charge in [0.2, 0.25) is 0 Å². The molecule has 0 saturated carbocycles. The van der Waals surface area contributed by atoms with E-state index in [9.17, 15) is 19.2 Å². The molecule has 0 N–H and O–H groups in total. The second-order valence-electron chi connectivity index (χ2n) is 7.60. The van der Waals surface area contributed by atoms with Crippen molar-refractivity contribution in [3.63, 3.8) is 0 Å². The Bertz CT molecular complexity index is 1170. The van der Waals surface area contributed by atoms with E-state index in [1.165, 1.54) is 13.2 Å². The molecule has 0 aromatic heterocycles. The van der Waals surface area contributed by atoms with Gasteiger partial charge in [-0.05, 0) is 91.0 Å². The maximum Gasteiger partial charge on any atom is 0.343 e. The summed E-state index contributed by atoms with van der Waals surface area (Å²) in [6.45, 7) is 4.84. The van der Waals surface area contributed by atoms with E-state index in [0.29, 0.717) is 20.4 Å². The summed E-state index contributed by atoms with van der Waals surface area (Å²) in [7, 11) is 1.44. The number of nitrogens with zero attached hydrogens (tertiary/aromatic N) is 1. The molecular weight excluding hydrogens is 573 g/mol. The first kappa shape index (κ1) is 25.8. The number of halogens is 1. The number of esters is 2. The molecule has 178 valence electrons. The van der Waals surface area contributed by atoms with Crippen LogP contribution in [0.3, 0.4) is 0 Å². The van der Waals surface area contributed by atoms with E-state index in [-0.39, 0.29) is 16.8 Å². The number of rotatable bonds is 7. The molecule has 1 aliphatic heterocycles. The van der Waals surface area contributed by atoms with Crippen LogP contribution in [-0.4, -0.2) is 47.7 Å². The molecule has 3 rings (SSSR count). The van der Waals surface area contributed by atoms with Crippen LogP contribution in [0.15, 0.2) is 41.3 Å². The van der Waals surface area contributed by atoms with Gasteiger partial charge in [0, 0.05) is 0 Å². The smallest absolute Gasteiger partial charge is 0.343 e. The van der Waals surface area contributed by atoms with Gasteiger partial charge in [0.05, 0.1) is 27.3 Å². The summed E-state index contributed by atoms with van der Waals surface area (Å²) in [4.78, 5) is 50.4. The summed E-state index contributed by atoms with van der Waals surface area (Å²) in [6.07, 6.45) is 1.17. The lowest BCUT2D eigenvalue weighted by atomic mass is 10.1. The third-order valence-corrected chi connectivity index (χ3v) is 6.27. The van der Waals surface area contributed by atoms with E-state index in [4.69, 9.17) is 14.2 Å². The van der Waals surface area contributed by atoms with Gasteiger partial charge in [0.25, 0.3) is 11.1 Å². The molecule has 1 saturated heterocycles. The lowest BCUT2D eigenvalue weighted by Gasteiger charge is -2.13. The van der Waals surface area contributed by atoms with Gasteiger partial charge in [-0.15, -0.1) is 0 Å². The number of methoxy groups -OCH3 is 1. The standard InChI is InChI=1S/C24H22INO7S/c1-13(2)32-20(27)12-26-22(28)19(34-24(26)30)11-15-9-17(25)21(18(10-15)31-4)33-23(29)16-7-5-14(3)6-8-16/h5-11,13H,12H2,1-4H3/b19-11-. The quantitative estimate of drug-likeness (QED) is 0.195. The highest BCUT2D eigenvalue weighted by Gasteiger charge is 2.37. The Morgan fingerprint density at radius 3 is 2.44 bits per heavy atom. The van der Waals surface area contributed by atoms with Crippen molar-refractivity contribution in [1.29, 1.82) is 0 Å². The van der Waals surface area contributed by atoms with Crippen LogP contribution in [0.25, 0.3) is 6.08 Å². The van der Waals surface area contributed by atoms with Gasteiger partial charge in [-0.1, -0.05) is 17.7 Å². The van der Waals surface area contributed by atoms with Gasteiger partial charge in [0.1, 0.15) is 6.54 Å². The monoisotopic (exact) mass is 595 g/mol. The largest absolute Gasteiger partial charge is 0.493 e. The highest BCUT2D eigenvalue weighted by atomic mass is 127. The summed E-state index contributed by atoms with van der Waals surface area (Å²) in [5.74, 6) is -1.24. The van der Waals surface area contributed by atoms with Gasteiger partial charge >= 0.3 is 11.9 Å². The molecule has 10 heteroatoms. The molecule has 2 aromatic rings. The fourth-order valence-corrected chi connectivity index (χ4v) is 4.55. The minimum atomic E-state index is -0.658. The number of amides is 2. The van der Waals surface area contributed by atoms with Crippen molar-refractivity contribution in [2.24, 2.45) is 0 Å². The van der Waals surface area contributed by atoms with E-state index in [1.54, 1.807) is 38.1 Å². The highest BCUT2D eigenvalue weighted by molar-refractivity contribution is 14.1. The third kappa shape index (κ3) is 6.17. The maximum absolute atomic E-state index is 12.7. The van der Waals surface area contributed by atoms with Crippen molar-refractivity contribution in [2.45, 2.75) is 26.9 Å². The molecule has 34 heavy (non-hydrogen) atoms. The van der Waals surface area contributed by atoms with Crippen LogP contribution >= 0.6 is 34.4 Å². The first-order valence-electron chi connectivity index (χ1n) is 10.2. The fraction of sp³-hybridized carbons (Fsp3) is 0.250. The Balaban J connectivity index is 1.81. The summed E-state index contributed by atoms with van der Waals surface area (Å²) < 4.78 is 16.6. The zero-order valence-corrected chi connectivity index (χ0v) is 21.9. The molecule has 0 aliphatic carbocycles. The zero-order chi connectivity index (χ0) is 25.0. The molecule has 1 fully saturated rings. The van der Waals surface area contributed by atoms with Crippen LogP contribution in [0, 0.1) is 10.5 Å². The second-order valence-corrected chi connectivity index (χ2v) is 9.75. The molecule has 8 nitrogen and oxygen atoms in total. The number of hydrogen-bond donors (Lipinski definition) is 0. The average Bonchev–Trinajstić information content (AvgIpc) is 3.02. The van der Waals surface area contributed by atoms with Gasteiger partial charge < -0.3 is 14.2 Å². The van der Waals surface area contributed by atoms with Gasteiger partial charge in [0.15, 0.2) is 11.5 Å². The second kappa shape index (κ2) is 11.0. The van der Waals surface area contributed by atoms with Gasteiger partial charge in [-0.25, -0.2) is 4.79 Å². The Kier molecular flexibility index (Phi) is 8.37. The molecule has 0 bridgehead atoms. The summed E-state index contributed by atoms with van der Waals surface area (Å²) in [5, 5.41) is -0.553. The van der Waals surface area contributed by atoms with Crippen molar-refractivity contribution in [3.8, 4) is 11.5 Å². The lowest BCUT2D eigenvalue weighted by molar-refractivity contribution is -0.149. The van der Waals surface area contributed by atoms with E-state index in [0.717, 1.165) is 22.2 Å². The van der Waals surface area contributed by atoms with Crippen LogP contribution in [0.5, 0.6) is 11.5 Å². The van der Waals surface area contributed by atoms with Crippen LogP contribution in [0.1, 0.15) is 35.3 Å². The lowest BCUT2D eigenvalue weighted by Crippen LogP contribution is -2.35. The van der Waals surface area contributed by atoms with Crippen LogP contribution in [-0.2, 0) is 14.3 Å². The Hall–Kier alpha value is -2.86. The predicted molar refractivity (Wildman–Crippen MR) is 136 cm³/mol. The molecule has 0 spiro atoms. The minimum Gasteiger partial charge on any atom is -0.493 e. The summed E-state index contributed by atoms with van der Waals surface area (Å²) in [6, 6.07) is 10.3. The minimum absolute atomic E-state index is 0.157. The molecule has 2 amide bonds. The number of aryl methyl sites for hydroxylation is 1. The van der Waals surface area contributed by atoms with E-state index in [2.05, 4.69) is 0 Å². The molecule has 1 aliphatic rings. The third-order valence-electron chi connectivity index (χ3n) is 4.56. The molecule has 1 heterocycles. The van der Waals surface area contributed by atoms with Crippen molar-refractivity contribution in [1.82, 2.24) is 4.90 Å². The number of carbonyl (C=O) groups excluding carboxylic acids is 4. The Morgan fingerprint density at radius 1 is 1.15 bits per heavy atom. The highest BCUT2D eigenvalue weighted by Crippen LogP contribution is 2.37. The number of ether oxygens (including phenoxy) is 3. The predicted octanol–water partition coefficient (Wildman–Crippen LogP) is 4.82. The normalized spacial score (nSPS) is 14.6. The maximum atomic E-state index is 12.7. The molecule has 0 radical (unpaired) electrons. The molecule has 2 aromatic carbocycles. The van der Waals surface area contributed by atoms with Crippen molar-refractivity contribution in [3.05, 3.63) is 61.6 Å². The molecule has 0 unspecified atom stereocenters. The molecular formula is C24H22INO7S. The number of hydrogen-bond acceptors (Lipinski definition) is 8. The van der Waals surface area contributed by atoms with Crippen LogP contribution in [0.4, 0.5) is 4.79 Å². The first-order valence-corrected chi connectivity index (χ1v) is 12.1. The van der Waals surface area contributed by atoms with Crippen LogP contribution in [0.2, 0.25) is 0 Å².